The van der Waals surface area contributed by atoms with Crippen LogP contribution < -0.4 is 45.4 Å². The van der Waals surface area contributed by atoms with E-state index < -0.39 is 49.0 Å². The zero-order chi connectivity index (χ0) is 52.4. The normalized spacial score (nSPS) is 21.4. The van der Waals surface area contributed by atoms with Gasteiger partial charge in [-0.15, -0.1) is 17.5 Å². The van der Waals surface area contributed by atoms with Crippen LogP contribution in [0.25, 0.3) is 21.7 Å². The second kappa shape index (κ2) is 23.1. The first-order chi connectivity index (χ1) is 35.0. The van der Waals surface area contributed by atoms with Crippen molar-refractivity contribution in [1.82, 2.24) is 24.8 Å². The van der Waals surface area contributed by atoms with Gasteiger partial charge in [0.05, 0.1) is 76.6 Å². The maximum absolute atomic E-state index is 13.5. The van der Waals surface area contributed by atoms with Crippen molar-refractivity contribution < 1.29 is 59.6 Å². The maximum atomic E-state index is 13.5. The van der Waals surface area contributed by atoms with E-state index >= 15 is 0 Å². The molecule has 1 saturated heterocycles. The number of H-pyrrole nitrogens is 1. The summed E-state index contributed by atoms with van der Waals surface area (Å²) in [6, 6.07) is 19.3. The van der Waals surface area contributed by atoms with Crippen LogP contribution in [0.1, 0.15) is 40.5 Å². The van der Waals surface area contributed by atoms with Gasteiger partial charge in [0.2, 0.25) is 25.8 Å². The van der Waals surface area contributed by atoms with Gasteiger partial charge in [0.1, 0.15) is 27.7 Å². The Kier molecular flexibility index (Phi) is 17.4. The van der Waals surface area contributed by atoms with Gasteiger partial charge in [-0.1, -0.05) is 35.9 Å². The Hall–Kier alpha value is -6.22. The first-order valence-corrected chi connectivity index (χ1v) is 26.2. The zero-order valence-corrected chi connectivity index (χ0v) is 44.2. The van der Waals surface area contributed by atoms with Gasteiger partial charge in [0.25, 0.3) is 0 Å². The number of nitrogen functional groups attached to an aromatic ring is 1. The molecule has 398 valence electrons. The Labute approximate surface area is 438 Å². The van der Waals surface area contributed by atoms with E-state index in [9.17, 15) is 26.4 Å². The van der Waals surface area contributed by atoms with E-state index in [2.05, 4.69) is 41.6 Å². The van der Waals surface area contributed by atoms with Gasteiger partial charge in [0.15, 0.2) is 17.3 Å². The van der Waals surface area contributed by atoms with Crippen molar-refractivity contribution in [2.45, 2.75) is 47.3 Å². The number of hydrogen-bond donors (Lipinski definition) is 6. The summed E-state index contributed by atoms with van der Waals surface area (Å²) in [7, 11) is 1.30. The fourth-order valence-electron chi connectivity index (χ4n) is 10.3. The molecule has 2 fully saturated rings. The molecular formula is C48H57Cl2N9O13S2. The van der Waals surface area contributed by atoms with E-state index in [1.165, 1.54) is 51.1 Å². The molecule has 10 rings (SSSR count). The van der Waals surface area contributed by atoms with Gasteiger partial charge in [-0.25, -0.2) is 32.6 Å². The second-order valence-corrected chi connectivity index (χ2v) is 21.1. The molecule has 6 aromatic rings. The SMILES string of the molecule is COC(=O)[C@H]1[C@H]2C[C@@H]3c4[nH]c5cc(OC)ccc5c4CCN3C[C@H]2C[C@@H](OC(=O)c2cc(OC)c(OC)c(OC)c2)[C@@H]1OC.Cl.NNc1nncc2ccccc12.NS(=O)(=O)c1cc2c(cc1Cl)NCNS2(=O)=O. The van der Waals surface area contributed by atoms with Crippen LogP contribution in [0.2, 0.25) is 5.02 Å². The van der Waals surface area contributed by atoms with Crippen molar-refractivity contribution >= 4 is 89.2 Å². The monoisotopic (exact) mass is 1100 g/mol. The van der Waals surface area contributed by atoms with Crippen LogP contribution in [-0.4, -0.2) is 123 Å². The summed E-state index contributed by atoms with van der Waals surface area (Å²) in [5, 5.41) is 18.4. The Morgan fingerprint density at radius 1 is 0.919 bits per heavy atom. The molecule has 0 spiro atoms. The first-order valence-electron chi connectivity index (χ1n) is 22.8. The molecule has 5 heterocycles. The van der Waals surface area contributed by atoms with Crippen molar-refractivity contribution in [3.8, 4) is 23.0 Å². The molecule has 74 heavy (non-hydrogen) atoms. The van der Waals surface area contributed by atoms with Gasteiger partial charge in [-0.3, -0.25) is 9.69 Å². The van der Waals surface area contributed by atoms with Gasteiger partial charge in [-0.05, 0) is 73.1 Å². The number of primary sulfonamides is 1. The predicted octanol–water partition coefficient (Wildman–Crippen LogP) is 5.16. The molecule has 22 nitrogen and oxygen atoms in total. The third-order valence-electron chi connectivity index (χ3n) is 13.6. The van der Waals surface area contributed by atoms with Crippen LogP contribution >= 0.6 is 24.0 Å². The van der Waals surface area contributed by atoms with Crippen LogP contribution in [0.4, 0.5) is 11.5 Å². The molecule has 4 aromatic carbocycles. The fourth-order valence-corrected chi connectivity index (χ4v) is 12.6. The summed E-state index contributed by atoms with van der Waals surface area (Å²) in [6.07, 6.45) is 2.62. The number of nitrogens with zero attached hydrogens (tertiary/aromatic N) is 3. The minimum atomic E-state index is -4.07. The summed E-state index contributed by atoms with van der Waals surface area (Å²) in [5.41, 5.74) is 6.56. The highest BCUT2D eigenvalue weighted by molar-refractivity contribution is 7.90. The highest BCUT2D eigenvalue weighted by atomic mass is 35.5. The Bertz CT molecular complexity index is 3250. The van der Waals surface area contributed by atoms with Gasteiger partial charge >= 0.3 is 11.9 Å². The summed E-state index contributed by atoms with van der Waals surface area (Å²) in [5.74, 6) is 6.31. The van der Waals surface area contributed by atoms with Crippen LogP contribution in [0.15, 0.2) is 82.7 Å². The fraction of sp³-hybridized carbons (Fsp3) is 0.375. The molecule has 4 aliphatic rings. The number of methoxy groups -OCH3 is 6. The molecule has 1 saturated carbocycles. The van der Waals surface area contributed by atoms with E-state index in [0.29, 0.717) is 29.5 Å². The Balaban J connectivity index is 0.000000216. The molecule has 2 aromatic heterocycles. The van der Waals surface area contributed by atoms with Crippen LogP contribution in [0.5, 0.6) is 23.0 Å². The molecule has 26 heteroatoms. The number of carbonyl (C=O) groups is 2. The van der Waals surface area contributed by atoms with Crippen molar-refractivity contribution in [1.29, 1.82) is 0 Å². The van der Waals surface area contributed by atoms with Crippen molar-refractivity contribution in [2.24, 2.45) is 28.7 Å². The number of aromatic amines is 1. The number of fused-ring (bicyclic) bond motifs is 8. The quantitative estimate of drug-likeness (QED) is 0.0587. The summed E-state index contributed by atoms with van der Waals surface area (Å²) < 4.78 is 87.0. The highest BCUT2D eigenvalue weighted by Gasteiger charge is 2.54. The largest absolute Gasteiger partial charge is 0.497 e. The average molecular weight is 1100 g/mol. The third-order valence-corrected chi connectivity index (χ3v) is 16.5. The summed E-state index contributed by atoms with van der Waals surface area (Å²) >= 11 is 5.72. The average Bonchev–Trinajstić information content (AvgIpc) is 3.77. The number of nitrogens with one attached hydrogen (secondary N) is 4. The lowest BCUT2D eigenvalue weighted by atomic mass is 9.63. The highest BCUT2D eigenvalue weighted by Crippen LogP contribution is 2.51. The van der Waals surface area contributed by atoms with Crippen molar-refractivity contribution in [3.05, 3.63) is 94.8 Å². The predicted molar refractivity (Wildman–Crippen MR) is 277 cm³/mol. The number of hydrazine groups is 1. The molecule has 0 radical (unpaired) electrons. The van der Waals surface area contributed by atoms with Crippen LogP contribution in [-0.2, 0) is 45.5 Å². The van der Waals surface area contributed by atoms with E-state index in [4.69, 9.17) is 55.7 Å². The van der Waals surface area contributed by atoms with Crippen LogP contribution in [0, 0.1) is 17.8 Å². The standard InChI is InChI=1S/C33H40N2O9.C8H8N4.C7H8ClN3O4S2.ClH/c1-38-19-7-8-20-21-9-10-35-16-18-13-27(44-32(36)17-11-25(39-2)30(41-4)26(12-17)40-3)31(42-5)28(33(37)43-6)22(18)15-24(35)29(21)34-23(20)14-19;9-11-8-7-4-2-1-3-6(7)5-10-12-8;8-4-1-5-7(2-6(4)16(9,12)13)17(14,15)11-3-10-5;/h7-8,11-12,14,18,22,24,27-28,31,34H,9-10,13,15-16H2,1-6H3;1-5H,9H2,(H,11,12);1-2,10-11H,3H2,(H2,9,12,13);1H/t18-,22+,24-,27-,28+,31+;;;/m1.../s1. The molecule has 0 amide bonds. The number of anilines is 2. The molecular weight excluding hydrogens is 1050 g/mol. The molecule has 3 aliphatic heterocycles. The minimum Gasteiger partial charge on any atom is -0.497 e. The minimum absolute atomic E-state index is 0. The second-order valence-electron chi connectivity index (χ2n) is 17.4. The number of carbonyl (C=O) groups excluding carboxylic acids is 2. The van der Waals surface area contributed by atoms with Crippen molar-refractivity contribution in [2.75, 3.05) is 73.2 Å². The summed E-state index contributed by atoms with van der Waals surface area (Å²) in [4.78, 5) is 32.5. The van der Waals surface area contributed by atoms with Crippen molar-refractivity contribution in [3.63, 3.8) is 0 Å². The number of hydrogen-bond acceptors (Lipinski definition) is 19. The molecule has 0 unspecified atom stereocenters. The van der Waals surface area contributed by atoms with Gasteiger partial charge in [-0.2, -0.15) is 9.82 Å². The molecule has 1 aliphatic carbocycles. The number of halogens is 2. The molecule has 0 bridgehead atoms. The number of ether oxygens (including phenoxy) is 7. The lowest BCUT2D eigenvalue weighted by Gasteiger charge is -2.52. The molecule has 8 N–H and O–H groups in total. The van der Waals surface area contributed by atoms with Gasteiger partial charge < -0.3 is 48.9 Å². The van der Waals surface area contributed by atoms with Gasteiger partial charge in [0, 0.05) is 53.6 Å². The number of sulfonamides is 2. The number of rotatable bonds is 10. The molecule has 6 atom stereocenters. The number of nitrogens with two attached hydrogens (primary N) is 2. The number of benzene rings is 4. The van der Waals surface area contributed by atoms with E-state index in [1.54, 1.807) is 32.5 Å². The smallest absolute Gasteiger partial charge is 0.338 e. The first kappa shape index (κ1) is 55.5. The number of aromatic nitrogens is 3. The van der Waals surface area contributed by atoms with E-state index in [1.807, 2.05) is 36.4 Å². The van der Waals surface area contributed by atoms with E-state index in [0.717, 1.165) is 54.0 Å². The Morgan fingerprint density at radius 2 is 1.65 bits per heavy atom. The topological polar surface area (TPSA) is 300 Å². The lowest BCUT2D eigenvalue weighted by molar-refractivity contribution is -0.176. The van der Waals surface area contributed by atoms with Crippen LogP contribution in [0.3, 0.4) is 0 Å². The third kappa shape index (κ3) is 11.1. The lowest BCUT2D eigenvalue weighted by Crippen LogP contribution is -2.58. The van der Waals surface area contributed by atoms with E-state index in [-0.39, 0.29) is 64.1 Å². The summed E-state index contributed by atoms with van der Waals surface area (Å²) in [6.45, 7) is 1.70. The Morgan fingerprint density at radius 3 is 2.30 bits per heavy atom. The zero-order valence-electron chi connectivity index (χ0n) is 41.0. The number of piperidine rings is 1. The maximum Gasteiger partial charge on any atom is 0.338 e. The number of esters is 2.